The van der Waals surface area contributed by atoms with Crippen LogP contribution in [0, 0.1) is 0 Å². The van der Waals surface area contributed by atoms with Gasteiger partial charge in [0.25, 0.3) is 7.87 Å². The molecule has 17 heavy (non-hydrogen) atoms. The summed E-state index contributed by atoms with van der Waals surface area (Å²) in [6.45, 7) is 17.5. The summed E-state index contributed by atoms with van der Waals surface area (Å²) in [6.07, 6.45) is 0. The Morgan fingerprint density at radius 3 is 0.765 bits per heavy atom. The van der Waals surface area contributed by atoms with Crippen LogP contribution in [0.25, 0.3) is 0 Å². The lowest BCUT2D eigenvalue weighted by atomic mass is 10.4. The molecule has 0 aromatic rings. The second-order valence-electron chi connectivity index (χ2n) is 5.81. The third-order valence-electron chi connectivity index (χ3n) is 1.81. The van der Waals surface area contributed by atoms with Gasteiger partial charge in [-0.15, -0.1) is 20.3 Å². The molecule has 0 aliphatic rings. The molecule has 0 aliphatic carbocycles. The molecule has 0 radical (unpaired) electrons. The zero-order chi connectivity index (χ0) is 13.6. The Hall–Kier alpha value is 0.270. The molecule has 5 heteroatoms. The topological polar surface area (TPSA) is 48.1 Å². The lowest BCUT2D eigenvalue weighted by Gasteiger charge is -2.33. The van der Waals surface area contributed by atoms with Gasteiger partial charge in [-0.25, -0.2) is 0 Å². The van der Waals surface area contributed by atoms with Gasteiger partial charge in [0.05, 0.1) is 0 Å². The van der Waals surface area contributed by atoms with Crippen molar-refractivity contribution >= 4 is 7.87 Å². The van der Waals surface area contributed by atoms with Gasteiger partial charge < -0.3 is 0 Å². The predicted octanol–water partition coefficient (Wildman–Crippen LogP) is 2.66. The van der Waals surface area contributed by atoms with Gasteiger partial charge in [-0.1, -0.05) is 0 Å². The van der Waals surface area contributed by atoms with Crippen molar-refractivity contribution in [3.8, 4) is 0 Å². The van der Waals surface area contributed by atoms with Crippen molar-refractivity contribution in [3.05, 3.63) is 0 Å². The average Bonchev–Trinajstić information content (AvgIpc) is 1.95. The number of hydrogen-bond donors (Lipinski definition) is 4. The van der Waals surface area contributed by atoms with Crippen molar-refractivity contribution in [2.45, 2.75) is 79.6 Å². The summed E-state index contributed by atoms with van der Waals surface area (Å²) in [5, 5.41) is 14.7. The van der Waals surface area contributed by atoms with Crippen LogP contribution in [0.15, 0.2) is 0 Å². The van der Waals surface area contributed by atoms with E-state index in [0.717, 1.165) is 0 Å². The van der Waals surface area contributed by atoms with Gasteiger partial charge >= 0.3 is 0 Å². The fourth-order valence-corrected chi connectivity index (χ4v) is 5.32. The SMILES string of the molecule is CC(C)N[P+](NC(C)C)(NC(C)C)NC(C)C. The maximum absolute atomic E-state index is 3.67. The molecule has 0 unspecified atom stereocenters. The summed E-state index contributed by atoms with van der Waals surface area (Å²) < 4.78 is 0. The van der Waals surface area contributed by atoms with E-state index in [1.165, 1.54) is 0 Å². The molecule has 0 spiro atoms. The maximum Gasteiger partial charge on any atom is 0.299 e. The minimum absolute atomic E-state index is 0.437. The Morgan fingerprint density at radius 1 is 0.471 bits per heavy atom. The summed E-state index contributed by atoms with van der Waals surface area (Å²) in [5.74, 6) is 0. The van der Waals surface area contributed by atoms with Crippen LogP contribution in [0.2, 0.25) is 0 Å². The molecule has 4 nitrogen and oxygen atoms in total. The van der Waals surface area contributed by atoms with Crippen molar-refractivity contribution in [1.82, 2.24) is 20.3 Å². The lowest BCUT2D eigenvalue weighted by Crippen LogP contribution is -2.52. The molecule has 4 N–H and O–H groups in total. The molecule has 0 amide bonds. The summed E-state index contributed by atoms with van der Waals surface area (Å²) in [6, 6.07) is 1.75. The van der Waals surface area contributed by atoms with E-state index in [1.54, 1.807) is 0 Å². The minimum Gasteiger partial charge on any atom is -0.144 e. The Kier molecular flexibility index (Phi) is 7.77. The average molecular weight is 263 g/mol. The van der Waals surface area contributed by atoms with Crippen molar-refractivity contribution in [2.24, 2.45) is 0 Å². The monoisotopic (exact) mass is 263 g/mol. The van der Waals surface area contributed by atoms with Gasteiger partial charge in [-0.05, 0) is 55.4 Å². The molecule has 0 atom stereocenters. The largest absolute Gasteiger partial charge is 0.299 e. The van der Waals surface area contributed by atoms with E-state index in [2.05, 4.69) is 75.7 Å². The van der Waals surface area contributed by atoms with Gasteiger partial charge in [-0.2, -0.15) is 0 Å². The van der Waals surface area contributed by atoms with E-state index >= 15 is 0 Å². The molecule has 0 aliphatic heterocycles. The van der Waals surface area contributed by atoms with E-state index in [4.69, 9.17) is 0 Å². The van der Waals surface area contributed by atoms with Gasteiger partial charge in [0.15, 0.2) is 0 Å². The molecule has 0 heterocycles. The highest BCUT2D eigenvalue weighted by Gasteiger charge is 2.41. The molecule has 0 aromatic heterocycles. The van der Waals surface area contributed by atoms with Gasteiger partial charge in [-0.3, -0.25) is 0 Å². The van der Waals surface area contributed by atoms with Crippen LogP contribution in [0.1, 0.15) is 55.4 Å². The smallest absolute Gasteiger partial charge is 0.144 e. The summed E-state index contributed by atoms with van der Waals surface area (Å²) >= 11 is 0. The van der Waals surface area contributed by atoms with Gasteiger partial charge in [0.1, 0.15) is 0 Å². The van der Waals surface area contributed by atoms with Crippen LogP contribution in [-0.4, -0.2) is 24.2 Å². The van der Waals surface area contributed by atoms with Crippen LogP contribution < -0.4 is 20.3 Å². The highest BCUT2D eigenvalue weighted by atomic mass is 31.2. The first-order chi connectivity index (χ1) is 7.67. The second kappa shape index (κ2) is 7.65. The summed E-state index contributed by atoms with van der Waals surface area (Å²) in [7, 11) is -1.72. The Bertz CT molecular complexity index is 159. The quantitative estimate of drug-likeness (QED) is 0.509. The normalized spacial score (nSPS) is 13.4. The van der Waals surface area contributed by atoms with Gasteiger partial charge in [0, 0.05) is 24.2 Å². The summed E-state index contributed by atoms with van der Waals surface area (Å²) in [4.78, 5) is 0. The third kappa shape index (κ3) is 8.06. The second-order valence-corrected chi connectivity index (χ2v) is 8.18. The predicted molar refractivity (Wildman–Crippen MR) is 80.0 cm³/mol. The molecule has 0 saturated heterocycles. The molecule has 0 saturated carbocycles. The standard InChI is InChI=1S/C12H32N4P/c1-9(2)13-17(14-10(3)4,15-11(5)6)16-12(7)8/h9-16H,1-8H3/q+1. The Balaban J connectivity index is 4.89. The lowest BCUT2D eigenvalue weighted by molar-refractivity contribution is 0.608. The van der Waals surface area contributed by atoms with Crippen LogP contribution in [0.3, 0.4) is 0 Å². The number of rotatable bonds is 8. The number of nitrogens with one attached hydrogen (secondary N) is 4. The van der Waals surface area contributed by atoms with Crippen molar-refractivity contribution in [3.63, 3.8) is 0 Å². The minimum atomic E-state index is -1.72. The fraction of sp³-hybridized carbons (Fsp3) is 1.00. The van der Waals surface area contributed by atoms with Crippen molar-refractivity contribution < 1.29 is 0 Å². The zero-order valence-corrected chi connectivity index (χ0v) is 13.7. The maximum atomic E-state index is 3.67. The zero-order valence-electron chi connectivity index (χ0n) is 12.8. The highest BCUT2D eigenvalue weighted by Crippen LogP contribution is 2.43. The van der Waals surface area contributed by atoms with E-state index in [9.17, 15) is 0 Å². The summed E-state index contributed by atoms with van der Waals surface area (Å²) in [5.41, 5.74) is 0. The first-order valence-electron chi connectivity index (χ1n) is 6.67. The third-order valence-corrected chi connectivity index (χ3v) is 5.42. The molecular formula is C12H32N4P+. The molecule has 0 bridgehead atoms. The van der Waals surface area contributed by atoms with Gasteiger partial charge in [0.2, 0.25) is 0 Å². The van der Waals surface area contributed by atoms with Crippen LogP contribution >= 0.6 is 7.87 Å². The van der Waals surface area contributed by atoms with E-state index in [0.29, 0.717) is 24.2 Å². The van der Waals surface area contributed by atoms with E-state index in [-0.39, 0.29) is 0 Å². The first-order valence-corrected chi connectivity index (χ1v) is 8.46. The molecule has 104 valence electrons. The Labute approximate surface area is 108 Å². The highest BCUT2D eigenvalue weighted by molar-refractivity contribution is 7.68. The van der Waals surface area contributed by atoms with Crippen molar-refractivity contribution in [1.29, 1.82) is 0 Å². The first kappa shape index (κ1) is 17.3. The van der Waals surface area contributed by atoms with E-state index < -0.39 is 7.87 Å². The van der Waals surface area contributed by atoms with Crippen molar-refractivity contribution in [2.75, 3.05) is 0 Å². The molecule has 0 aromatic carbocycles. The fourth-order valence-electron chi connectivity index (χ4n) is 1.77. The van der Waals surface area contributed by atoms with Crippen LogP contribution in [0.5, 0.6) is 0 Å². The molecular weight excluding hydrogens is 231 g/mol. The molecule has 0 rings (SSSR count). The molecule has 0 fully saturated rings. The Morgan fingerprint density at radius 2 is 0.647 bits per heavy atom. The van der Waals surface area contributed by atoms with Crippen LogP contribution in [0.4, 0.5) is 0 Å². The van der Waals surface area contributed by atoms with Crippen LogP contribution in [-0.2, 0) is 0 Å². The van der Waals surface area contributed by atoms with E-state index in [1.807, 2.05) is 0 Å². The number of hydrogen-bond acceptors (Lipinski definition) is 4.